The molecule has 0 amide bonds. The van der Waals surface area contributed by atoms with Gasteiger partial charge in [0.25, 0.3) is 0 Å². The Hall–Kier alpha value is -0.753. The lowest BCUT2D eigenvalue weighted by Crippen LogP contribution is -2.60. The highest BCUT2D eigenvalue weighted by atomic mass is 28.4. The normalized spacial score (nSPS) is 12.7. The SMILES string of the molecule is CC(C)O[Si](C[n+]1ccccc1)(OC(C)C)OC(C)C. The first-order chi connectivity index (χ1) is 9.33. The van der Waals surface area contributed by atoms with Gasteiger partial charge in [0.15, 0.2) is 12.4 Å². The molecule has 0 bridgehead atoms. The van der Waals surface area contributed by atoms with Gasteiger partial charge in [0.1, 0.15) is 0 Å². The third-order valence-corrected chi connectivity index (χ3v) is 5.64. The molecule has 4 nitrogen and oxygen atoms in total. The van der Waals surface area contributed by atoms with Gasteiger partial charge in [-0.05, 0) is 41.5 Å². The first-order valence-corrected chi connectivity index (χ1v) is 9.23. The molecule has 20 heavy (non-hydrogen) atoms. The Morgan fingerprint density at radius 2 is 1.15 bits per heavy atom. The minimum atomic E-state index is -2.76. The van der Waals surface area contributed by atoms with Crippen LogP contribution in [0.25, 0.3) is 0 Å². The Kier molecular flexibility index (Phi) is 6.81. The fourth-order valence-electron chi connectivity index (χ4n) is 2.04. The molecule has 0 radical (unpaired) electrons. The second kappa shape index (κ2) is 7.88. The molecule has 0 fully saturated rings. The zero-order valence-electron chi connectivity index (χ0n) is 13.5. The minimum absolute atomic E-state index is 0.0727. The van der Waals surface area contributed by atoms with Gasteiger partial charge in [-0.25, -0.2) is 4.57 Å². The molecule has 1 rings (SSSR count). The van der Waals surface area contributed by atoms with E-state index in [9.17, 15) is 0 Å². The van der Waals surface area contributed by atoms with Gasteiger partial charge >= 0.3 is 8.80 Å². The van der Waals surface area contributed by atoms with Crippen LogP contribution in [0.4, 0.5) is 0 Å². The standard InChI is InChI=1S/C15H28NO3Si/c1-13(2)17-20(18-14(3)4,19-15(5)6)12-16-10-8-7-9-11-16/h7-11,13-15H,12H2,1-6H3/q+1. The summed E-state index contributed by atoms with van der Waals surface area (Å²) in [5.74, 6) is 0. The molecule has 0 aliphatic heterocycles. The molecule has 0 spiro atoms. The highest BCUT2D eigenvalue weighted by Gasteiger charge is 2.49. The smallest absolute Gasteiger partial charge is 0.367 e. The van der Waals surface area contributed by atoms with E-state index in [1.165, 1.54) is 0 Å². The van der Waals surface area contributed by atoms with Crippen LogP contribution >= 0.6 is 0 Å². The predicted octanol–water partition coefficient (Wildman–Crippen LogP) is 2.73. The molecule has 5 heteroatoms. The molecule has 0 unspecified atom stereocenters. The maximum Gasteiger partial charge on any atom is 0.570 e. The Morgan fingerprint density at radius 1 is 0.750 bits per heavy atom. The van der Waals surface area contributed by atoms with Gasteiger partial charge in [0.05, 0.1) is 0 Å². The lowest BCUT2D eigenvalue weighted by molar-refractivity contribution is -0.685. The predicted molar refractivity (Wildman–Crippen MR) is 81.1 cm³/mol. The lowest BCUT2D eigenvalue weighted by atomic mass is 10.5. The average Bonchev–Trinajstić information content (AvgIpc) is 2.26. The lowest BCUT2D eigenvalue weighted by Gasteiger charge is -2.32. The topological polar surface area (TPSA) is 31.6 Å². The summed E-state index contributed by atoms with van der Waals surface area (Å²) in [5, 5.41) is 0. The average molecular weight is 298 g/mol. The summed E-state index contributed by atoms with van der Waals surface area (Å²) >= 11 is 0. The van der Waals surface area contributed by atoms with E-state index in [1.807, 2.05) is 72.1 Å². The van der Waals surface area contributed by atoms with Crippen molar-refractivity contribution in [2.24, 2.45) is 0 Å². The van der Waals surface area contributed by atoms with E-state index in [4.69, 9.17) is 13.3 Å². The van der Waals surface area contributed by atoms with Crippen molar-refractivity contribution in [2.75, 3.05) is 0 Å². The van der Waals surface area contributed by atoms with E-state index in [1.54, 1.807) is 0 Å². The zero-order chi connectivity index (χ0) is 15.2. The summed E-state index contributed by atoms with van der Waals surface area (Å²) in [4.78, 5) is 0. The van der Waals surface area contributed by atoms with Crippen molar-refractivity contribution in [3.63, 3.8) is 0 Å². The van der Waals surface area contributed by atoms with Gasteiger partial charge < -0.3 is 13.3 Å². The number of nitrogens with zero attached hydrogens (tertiary/aromatic N) is 1. The monoisotopic (exact) mass is 298 g/mol. The van der Waals surface area contributed by atoms with Crippen molar-refractivity contribution in [1.82, 2.24) is 0 Å². The van der Waals surface area contributed by atoms with Gasteiger partial charge in [-0.2, -0.15) is 0 Å². The van der Waals surface area contributed by atoms with Crippen LogP contribution < -0.4 is 4.57 Å². The van der Waals surface area contributed by atoms with Gasteiger partial charge in [-0.1, -0.05) is 6.07 Å². The summed E-state index contributed by atoms with van der Waals surface area (Å²) < 4.78 is 20.5. The Bertz CT molecular complexity index is 355. The molecule has 114 valence electrons. The van der Waals surface area contributed by atoms with Crippen LogP contribution in [0.2, 0.25) is 0 Å². The molecule has 1 aromatic heterocycles. The highest BCUT2D eigenvalue weighted by Crippen LogP contribution is 2.17. The van der Waals surface area contributed by atoms with Crippen LogP contribution in [-0.4, -0.2) is 27.1 Å². The number of pyridine rings is 1. The summed E-state index contributed by atoms with van der Waals surface area (Å²) in [6.07, 6.45) is 4.87. The van der Waals surface area contributed by atoms with E-state index in [-0.39, 0.29) is 18.3 Å². The van der Waals surface area contributed by atoms with Crippen LogP contribution in [0, 0.1) is 0 Å². The van der Waals surface area contributed by atoms with Crippen LogP contribution in [0.1, 0.15) is 41.5 Å². The Labute approximate surface area is 124 Å². The first-order valence-electron chi connectivity index (χ1n) is 7.30. The number of rotatable bonds is 8. The van der Waals surface area contributed by atoms with E-state index < -0.39 is 8.80 Å². The first kappa shape index (κ1) is 17.3. The summed E-state index contributed by atoms with van der Waals surface area (Å²) in [5.41, 5.74) is 0. The van der Waals surface area contributed by atoms with E-state index >= 15 is 0 Å². The van der Waals surface area contributed by atoms with Crippen LogP contribution in [-0.2, 0) is 19.4 Å². The number of hydrogen-bond acceptors (Lipinski definition) is 3. The van der Waals surface area contributed by atoms with Crippen LogP contribution in [0.15, 0.2) is 30.6 Å². The van der Waals surface area contributed by atoms with Crippen molar-refractivity contribution in [3.05, 3.63) is 30.6 Å². The van der Waals surface area contributed by atoms with Gasteiger partial charge in [0, 0.05) is 30.4 Å². The molecule has 0 N–H and O–H groups in total. The zero-order valence-corrected chi connectivity index (χ0v) is 14.5. The summed E-state index contributed by atoms with van der Waals surface area (Å²) in [6, 6.07) is 5.99. The van der Waals surface area contributed by atoms with Crippen molar-refractivity contribution in [3.8, 4) is 0 Å². The molecule has 0 aliphatic rings. The fourth-order valence-corrected chi connectivity index (χ4v) is 5.24. The molecule has 0 atom stereocenters. The quantitative estimate of drug-likeness (QED) is 0.546. The molecular formula is C15H28NO3Si+. The van der Waals surface area contributed by atoms with Gasteiger partial charge in [-0.3, -0.25) is 0 Å². The van der Waals surface area contributed by atoms with Gasteiger partial charge in [0.2, 0.25) is 6.17 Å². The second-order valence-corrected chi connectivity index (χ2v) is 8.12. The minimum Gasteiger partial charge on any atom is -0.367 e. The van der Waals surface area contributed by atoms with E-state index in [0.29, 0.717) is 6.17 Å². The molecule has 0 saturated carbocycles. The van der Waals surface area contributed by atoms with E-state index in [0.717, 1.165) is 0 Å². The van der Waals surface area contributed by atoms with Crippen molar-refractivity contribution < 1.29 is 17.8 Å². The molecule has 1 heterocycles. The Balaban J connectivity index is 3.00. The summed E-state index contributed by atoms with van der Waals surface area (Å²) in [7, 11) is -2.76. The summed E-state index contributed by atoms with van der Waals surface area (Å²) in [6.45, 7) is 12.1. The van der Waals surface area contributed by atoms with Crippen molar-refractivity contribution >= 4 is 8.80 Å². The molecule has 0 aliphatic carbocycles. The highest BCUT2D eigenvalue weighted by molar-refractivity contribution is 6.59. The molecule has 0 saturated heterocycles. The van der Waals surface area contributed by atoms with Crippen LogP contribution in [0.5, 0.6) is 0 Å². The number of hydrogen-bond donors (Lipinski definition) is 0. The number of aromatic nitrogens is 1. The second-order valence-electron chi connectivity index (χ2n) is 5.73. The molecular weight excluding hydrogens is 270 g/mol. The maximum atomic E-state index is 6.14. The fraction of sp³-hybridized carbons (Fsp3) is 0.667. The van der Waals surface area contributed by atoms with Crippen LogP contribution in [0.3, 0.4) is 0 Å². The third-order valence-electron chi connectivity index (χ3n) is 2.40. The molecule has 0 aromatic carbocycles. The largest absolute Gasteiger partial charge is 0.570 e. The van der Waals surface area contributed by atoms with Gasteiger partial charge in [-0.15, -0.1) is 0 Å². The maximum absolute atomic E-state index is 6.14. The van der Waals surface area contributed by atoms with Crippen molar-refractivity contribution in [2.45, 2.75) is 66.0 Å². The third kappa shape index (κ3) is 6.13. The van der Waals surface area contributed by atoms with Crippen molar-refractivity contribution in [1.29, 1.82) is 0 Å². The Morgan fingerprint density at radius 3 is 1.50 bits per heavy atom. The molecule has 1 aromatic rings. The van der Waals surface area contributed by atoms with E-state index in [2.05, 4.69) is 4.57 Å².